The lowest BCUT2D eigenvalue weighted by molar-refractivity contribution is 0.594. The third-order valence-corrected chi connectivity index (χ3v) is 5.18. The third-order valence-electron chi connectivity index (χ3n) is 3.38. The van der Waals surface area contributed by atoms with Gasteiger partial charge in [0.1, 0.15) is 0 Å². The van der Waals surface area contributed by atoms with Crippen LogP contribution in [0.25, 0.3) is 0 Å². The van der Waals surface area contributed by atoms with Gasteiger partial charge in [-0.3, -0.25) is 4.31 Å². The second-order valence-electron chi connectivity index (χ2n) is 4.99. The molecular weight excluding hydrogens is 284 g/mol. The lowest BCUT2D eigenvalue weighted by Crippen LogP contribution is -2.26. The fourth-order valence-corrected chi connectivity index (χ4v) is 3.30. The highest BCUT2D eigenvalue weighted by atomic mass is 32.2. The number of hydrogen-bond acceptors (Lipinski definition) is 3. The van der Waals surface area contributed by atoms with Crippen LogP contribution in [0.1, 0.15) is 11.1 Å². The Hall–Kier alpha value is -1.85. The fourth-order valence-electron chi connectivity index (χ4n) is 2.12. The number of nitrogens with zero attached hydrogens (tertiary/aromatic N) is 1. The van der Waals surface area contributed by atoms with Crippen LogP contribution >= 0.6 is 0 Å². The average Bonchev–Trinajstić information content (AvgIpc) is 2.47. The lowest BCUT2D eigenvalue weighted by atomic mass is 10.2. The van der Waals surface area contributed by atoms with Gasteiger partial charge in [0.15, 0.2) is 0 Å². The van der Waals surface area contributed by atoms with E-state index in [0.717, 1.165) is 17.5 Å². The number of sulfonamides is 1. The first-order chi connectivity index (χ1) is 9.95. The molecule has 0 heterocycles. The molecule has 0 spiro atoms. The lowest BCUT2D eigenvalue weighted by Gasteiger charge is -2.20. The van der Waals surface area contributed by atoms with E-state index in [1.54, 1.807) is 25.2 Å². The topological polar surface area (TPSA) is 63.4 Å². The highest BCUT2D eigenvalue weighted by molar-refractivity contribution is 7.92. The predicted molar refractivity (Wildman–Crippen MR) is 86.0 cm³/mol. The zero-order valence-corrected chi connectivity index (χ0v) is 13.1. The maximum atomic E-state index is 12.6. The van der Waals surface area contributed by atoms with Gasteiger partial charge >= 0.3 is 0 Å². The van der Waals surface area contributed by atoms with Crippen LogP contribution in [-0.2, 0) is 16.4 Å². The first-order valence-corrected chi connectivity index (χ1v) is 8.24. The maximum Gasteiger partial charge on any atom is 0.264 e. The molecule has 0 aromatic heterocycles. The van der Waals surface area contributed by atoms with Crippen molar-refractivity contribution >= 4 is 15.7 Å². The minimum Gasteiger partial charge on any atom is -0.330 e. The summed E-state index contributed by atoms with van der Waals surface area (Å²) in [7, 11) is -1.97. The number of benzene rings is 2. The van der Waals surface area contributed by atoms with Crippen LogP contribution in [0.4, 0.5) is 5.69 Å². The molecule has 0 aliphatic carbocycles. The number of anilines is 1. The van der Waals surface area contributed by atoms with Crippen molar-refractivity contribution in [3.63, 3.8) is 0 Å². The Labute approximate surface area is 126 Å². The van der Waals surface area contributed by atoms with E-state index in [1.807, 2.05) is 37.3 Å². The van der Waals surface area contributed by atoms with Crippen molar-refractivity contribution in [1.82, 2.24) is 0 Å². The van der Waals surface area contributed by atoms with Crippen molar-refractivity contribution in [2.45, 2.75) is 18.2 Å². The summed E-state index contributed by atoms with van der Waals surface area (Å²) in [4.78, 5) is 0.285. The first-order valence-electron chi connectivity index (χ1n) is 6.80. The van der Waals surface area contributed by atoms with E-state index >= 15 is 0 Å². The van der Waals surface area contributed by atoms with Gasteiger partial charge in [0.2, 0.25) is 0 Å². The van der Waals surface area contributed by atoms with Gasteiger partial charge in [-0.1, -0.05) is 24.3 Å². The van der Waals surface area contributed by atoms with Gasteiger partial charge in [-0.2, -0.15) is 0 Å². The van der Waals surface area contributed by atoms with E-state index in [-0.39, 0.29) is 4.90 Å². The second-order valence-corrected chi connectivity index (χ2v) is 6.96. The quantitative estimate of drug-likeness (QED) is 0.922. The van der Waals surface area contributed by atoms with Gasteiger partial charge in [-0.15, -0.1) is 0 Å². The fraction of sp³-hybridized carbons (Fsp3) is 0.250. The Bertz CT molecular complexity index is 709. The summed E-state index contributed by atoms with van der Waals surface area (Å²) in [6.45, 7) is 2.49. The number of nitrogens with two attached hydrogens (primary N) is 1. The molecule has 0 radical (unpaired) electrons. The van der Waals surface area contributed by atoms with Crippen LogP contribution in [-0.4, -0.2) is 22.0 Å². The molecule has 2 aromatic carbocycles. The summed E-state index contributed by atoms with van der Waals surface area (Å²) >= 11 is 0. The molecule has 0 atom stereocenters. The Morgan fingerprint density at radius 1 is 1.10 bits per heavy atom. The van der Waals surface area contributed by atoms with E-state index < -0.39 is 10.0 Å². The molecule has 5 heteroatoms. The molecule has 0 bridgehead atoms. The molecule has 0 aliphatic heterocycles. The molecule has 0 saturated heterocycles. The van der Waals surface area contributed by atoms with Gasteiger partial charge in [-0.25, -0.2) is 8.42 Å². The summed E-state index contributed by atoms with van der Waals surface area (Å²) in [5.41, 5.74) is 8.21. The number of aryl methyl sites for hydroxylation is 1. The summed E-state index contributed by atoms with van der Waals surface area (Å²) in [6, 6.07) is 14.3. The molecule has 21 heavy (non-hydrogen) atoms. The molecule has 2 N–H and O–H groups in total. The van der Waals surface area contributed by atoms with Gasteiger partial charge in [0.05, 0.1) is 10.6 Å². The molecule has 2 aromatic rings. The molecule has 0 saturated carbocycles. The normalized spacial score (nSPS) is 11.4. The van der Waals surface area contributed by atoms with E-state index in [4.69, 9.17) is 5.73 Å². The minimum atomic E-state index is -3.54. The molecule has 2 rings (SSSR count). The SMILES string of the molecule is Cc1cccc(N(C)S(=O)(=O)c2ccc(CCN)cc2)c1. The highest BCUT2D eigenvalue weighted by Gasteiger charge is 2.21. The zero-order chi connectivity index (χ0) is 15.5. The Balaban J connectivity index is 2.32. The Morgan fingerprint density at radius 2 is 1.76 bits per heavy atom. The molecule has 0 unspecified atom stereocenters. The summed E-state index contributed by atoms with van der Waals surface area (Å²) in [6.07, 6.45) is 0.744. The van der Waals surface area contributed by atoms with Crippen LogP contribution in [0.3, 0.4) is 0 Å². The van der Waals surface area contributed by atoms with Crippen LogP contribution in [0.2, 0.25) is 0 Å². The molecule has 0 aliphatic rings. The van der Waals surface area contributed by atoms with Gasteiger partial charge in [0, 0.05) is 7.05 Å². The van der Waals surface area contributed by atoms with Crippen LogP contribution in [0, 0.1) is 6.92 Å². The van der Waals surface area contributed by atoms with Crippen molar-refractivity contribution in [1.29, 1.82) is 0 Å². The number of hydrogen-bond donors (Lipinski definition) is 1. The van der Waals surface area contributed by atoms with Crippen LogP contribution in [0.15, 0.2) is 53.4 Å². The molecule has 0 fully saturated rings. The second kappa shape index (κ2) is 6.28. The van der Waals surface area contributed by atoms with Crippen molar-refractivity contribution < 1.29 is 8.42 Å². The van der Waals surface area contributed by atoms with Crippen molar-refractivity contribution in [2.75, 3.05) is 17.9 Å². The highest BCUT2D eigenvalue weighted by Crippen LogP contribution is 2.23. The van der Waals surface area contributed by atoms with E-state index in [2.05, 4.69) is 0 Å². The molecule has 4 nitrogen and oxygen atoms in total. The molecule has 112 valence electrons. The Kier molecular flexibility index (Phi) is 4.65. The maximum absolute atomic E-state index is 12.6. The van der Waals surface area contributed by atoms with Crippen molar-refractivity contribution in [3.05, 3.63) is 59.7 Å². The largest absolute Gasteiger partial charge is 0.330 e. The molecular formula is C16H20N2O2S. The number of rotatable bonds is 5. The third kappa shape index (κ3) is 3.43. The first kappa shape index (κ1) is 15.5. The van der Waals surface area contributed by atoms with Gasteiger partial charge in [0.25, 0.3) is 10.0 Å². The zero-order valence-electron chi connectivity index (χ0n) is 12.3. The summed E-state index contributed by atoms with van der Waals surface area (Å²) < 4.78 is 26.5. The predicted octanol–water partition coefficient (Wildman–Crippen LogP) is 2.32. The van der Waals surface area contributed by atoms with E-state index in [0.29, 0.717) is 12.2 Å². The summed E-state index contributed by atoms with van der Waals surface area (Å²) in [5.74, 6) is 0. The van der Waals surface area contributed by atoms with Crippen LogP contribution in [0.5, 0.6) is 0 Å². The van der Waals surface area contributed by atoms with Crippen molar-refractivity contribution in [3.8, 4) is 0 Å². The molecule has 0 amide bonds. The van der Waals surface area contributed by atoms with E-state index in [9.17, 15) is 8.42 Å². The van der Waals surface area contributed by atoms with Gasteiger partial charge < -0.3 is 5.73 Å². The Morgan fingerprint density at radius 3 is 2.33 bits per heavy atom. The van der Waals surface area contributed by atoms with E-state index in [1.165, 1.54) is 4.31 Å². The smallest absolute Gasteiger partial charge is 0.264 e. The monoisotopic (exact) mass is 304 g/mol. The van der Waals surface area contributed by atoms with Gasteiger partial charge in [-0.05, 0) is 55.3 Å². The minimum absolute atomic E-state index is 0.285. The standard InChI is InChI=1S/C16H20N2O2S/c1-13-4-3-5-15(12-13)18(2)21(19,20)16-8-6-14(7-9-16)10-11-17/h3-9,12H,10-11,17H2,1-2H3. The summed E-state index contributed by atoms with van der Waals surface area (Å²) in [5, 5.41) is 0. The van der Waals surface area contributed by atoms with Crippen LogP contribution < -0.4 is 10.0 Å². The van der Waals surface area contributed by atoms with Crippen molar-refractivity contribution in [2.24, 2.45) is 5.73 Å². The average molecular weight is 304 g/mol.